The summed E-state index contributed by atoms with van der Waals surface area (Å²) in [4.78, 5) is 23.1. The van der Waals surface area contributed by atoms with Crippen LogP contribution >= 0.6 is 0 Å². The maximum atomic E-state index is 11.6. The highest BCUT2D eigenvalue weighted by molar-refractivity contribution is 5.84. The van der Waals surface area contributed by atoms with Gasteiger partial charge in [0.25, 0.3) is 0 Å². The third kappa shape index (κ3) is 10.7. The molecule has 0 aliphatic carbocycles. The van der Waals surface area contributed by atoms with Gasteiger partial charge in [-0.2, -0.15) is 0 Å². The minimum Gasteiger partial charge on any atom is -0.463 e. The quantitative estimate of drug-likeness (QED) is 0.528. The molecule has 0 unspecified atom stereocenters. The number of hydrogen-bond donors (Lipinski definition) is 0. The molecule has 0 saturated carbocycles. The number of hydrogen-bond acceptors (Lipinski definition) is 4. The molecule has 0 N–H and O–H groups in total. The third-order valence-corrected chi connectivity index (χ3v) is 2.50. The second kappa shape index (κ2) is 7.63. The Balaban J connectivity index is 3.64. The summed E-state index contributed by atoms with van der Waals surface area (Å²) in [6.07, 6.45) is 1.27. The first kappa shape index (κ1) is 18.1. The van der Waals surface area contributed by atoms with Crippen LogP contribution < -0.4 is 0 Å². The molecule has 0 aromatic carbocycles. The van der Waals surface area contributed by atoms with Crippen LogP contribution in [-0.2, 0) is 19.1 Å². The van der Waals surface area contributed by atoms with Crippen molar-refractivity contribution in [2.75, 3.05) is 13.2 Å². The smallest absolute Gasteiger partial charge is 0.305 e. The van der Waals surface area contributed by atoms with Gasteiger partial charge in [-0.1, -0.05) is 20.8 Å². The Bertz CT molecular complexity index is 294. The standard InChI is InChI=1S/C15H28O4/c1-14(2,3)12(16)8-7-9-13(17)18-10-11-19-15(4,5)6/h7-11H2,1-6H3. The fourth-order valence-corrected chi connectivity index (χ4v) is 1.34. The molecule has 0 aliphatic heterocycles. The molecule has 0 heterocycles. The van der Waals surface area contributed by atoms with Crippen LogP contribution in [0.2, 0.25) is 0 Å². The molecule has 0 saturated heterocycles. The highest BCUT2D eigenvalue weighted by Crippen LogP contribution is 2.18. The summed E-state index contributed by atoms with van der Waals surface area (Å²) in [5, 5.41) is 0. The molecule has 0 radical (unpaired) electrons. The summed E-state index contributed by atoms with van der Waals surface area (Å²) >= 11 is 0. The molecule has 0 bridgehead atoms. The van der Waals surface area contributed by atoms with Gasteiger partial charge < -0.3 is 9.47 Å². The lowest BCUT2D eigenvalue weighted by atomic mass is 9.88. The Morgan fingerprint density at radius 1 is 0.895 bits per heavy atom. The molecule has 0 amide bonds. The van der Waals surface area contributed by atoms with Gasteiger partial charge in [-0.3, -0.25) is 9.59 Å². The van der Waals surface area contributed by atoms with Gasteiger partial charge in [0.05, 0.1) is 12.2 Å². The fourth-order valence-electron chi connectivity index (χ4n) is 1.34. The van der Waals surface area contributed by atoms with E-state index in [1.807, 2.05) is 41.5 Å². The van der Waals surface area contributed by atoms with E-state index in [1.54, 1.807) is 0 Å². The Labute approximate surface area is 116 Å². The molecule has 0 aromatic heterocycles. The van der Waals surface area contributed by atoms with Gasteiger partial charge >= 0.3 is 5.97 Å². The highest BCUT2D eigenvalue weighted by Gasteiger charge is 2.20. The summed E-state index contributed by atoms with van der Waals surface area (Å²) in [6.45, 7) is 12.2. The normalized spacial score (nSPS) is 12.3. The number of carbonyl (C=O) groups excluding carboxylic acids is 2. The molecule has 0 fully saturated rings. The molecule has 19 heavy (non-hydrogen) atoms. The summed E-state index contributed by atoms with van der Waals surface area (Å²) < 4.78 is 10.5. The lowest BCUT2D eigenvalue weighted by Crippen LogP contribution is -2.23. The van der Waals surface area contributed by atoms with Crippen molar-refractivity contribution in [1.82, 2.24) is 0 Å². The molecular formula is C15H28O4. The summed E-state index contributed by atoms with van der Waals surface area (Å²) in [5.41, 5.74) is -0.546. The number of ether oxygens (including phenoxy) is 2. The first-order valence-electron chi connectivity index (χ1n) is 6.85. The zero-order chi connectivity index (χ0) is 15.1. The van der Waals surface area contributed by atoms with E-state index in [9.17, 15) is 9.59 Å². The van der Waals surface area contributed by atoms with E-state index in [-0.39, 0.29) is 35.8 Å². The zero-order valence-electron chi connectivity index (χ0n) is 13.2. The van der Waals surface area contributed by atoms with E-state index in [4.69, 9.17) is 9.47 Å². The van der Waals surface area contributed by atoms with Gasteiger partial charge in [-0.05, 0) is 27.2 Å². The summed E-state index contributed by atoms with van der Waals surface area (Å²) in [7, 11) is 0. The first-order valence-corrected chi connectivity index (χ1v) is 6.85. The van der Waals surface area contributed by atoms with Crippen LogP contribution in [0.25, 0.3) is 0 Å². The van der Waals surface area contributed by atoms with Crippen molar-refractivity contribution in [2.45, 2.75) is 66.4 Å². The maximum absolute atomic E-state index is 11.6. The van der Waals surface area contributed by atoms with E-state index in [0.29, 0.717) is 19.4 Å². The van der Waals surface area contributed by atoms with Crippen LogP contribution in [0, 0.1) is 5.41 Å². The van der Waals surface area contributed by atoms with Crippen molar-refractivity contribution in [1.29, 1.82) is 0 Å². The van der Waals surface area contributed by atoms with Gasteiger partial charge in [0.2, 0.25) is 0 Å². The first-order chi connectivity index (χ1) is 8.52. The van der Waals surface area contributed by atoms with Crippen molar-refractivity contribution >= 4 is 11.8 Å². The second-order valence-electron chi connectivity index (χ2n) is 6.71. The predicted molar refractivity (Wildman–Crippen MR) is 75.0 cm³/mol. The van der Waals surface area contributed by atoms with Crippen LogP contribution in [0.4, 0.5) is 0 Å². The zero-order valence-corrected chi connectivity index (χ0v) is 13.2. The van der Waals surface area contributed by atoms with Gasteiger partial charge in [0.15, 0.2) is 0 Å². The molecule has 0 aliphatic rings. The van der Waals surface area contributed by atoms with E-state index in [0.717, 1.165) is 0 Å². The summed E-state index contributed by atoms with van der Waals surface area (Å²) in [5.74, 6) is -0.0874. The molecule has 0 spiro atoms. The van der Waals surface area contributed by atoms with Crippen LogP contribution in [0.15, 0.2) is 0 Å². The fraction of sp³-hybridized carbons (Fsp3) is 0.867. The third-order valence-electron chi connectivity index (χ3n) is 2.50. The summed E-state index contributed by atoms with van der Waals surface area (Å²) in [6, 6.07) is 0. The van der Waals surface area contributed by atoms with Gasteiger partial charge in [0.1, 0.15) is 12.4 Å². The topological polar surface area (TPSA) is 52.6 Å². The molecule has 0 atom stereocenters. The SMILES string of the molecule is CC(C)(C)OCCOC(=O)CCCC(=O)C(C)(C)C. The Morgan fingerprint density at radius 2 is 1.47 bits per heavy atom. The van der Waals surface area contributed by atoms with E-state index >= 15 is 0 Å². The molecule has 4 nitrogen and oxygen atoms in total. The second-order valence-corrected chi connectivity index (χ2v) is 6.71. The maximum Gasteiger partial charge on any atom is 0.305 e. The van der Waals surface area contributed by atoms with Crippen molar-refractivity contribution < 1.29 is 19.1 Å². The van der Waals surface area contributed by atoms with Crippen LogP contribution in [0.1, 0.15) is 60.8 Å². The predicted octanol–water partition coefficient (Wildman–Crippen LogP) is 3.13. The number of Topliss-reactive ketones (excluding diaryl/α,β-unsaturated/α-hetero) is 1. The number of carbonyl (C=O) groups is 2. The van der Waals surface area contributed by atoms with Crippen LogP contribution in [0.5, 0.6) is 0 Å². The highest BCUT2D eigenvalue weighted by atomic mass is 16.6. The number of rotatable bonds is 7. The van der Waals surface area contributed by atoms with Gasteiger partial charge in [-0.15, -0.1) is 0 Å². The van der Waals surface area contributed by atoms with Gasteiger partial charge in [-0.25, -0.2) is 0 Å². The molecule has 112 valence electrons. The Kier molecular flexibility index (Phi) is 7.27. The molecule has 0 aromatic rings. The lowest BCUT2D eigenvalue weighted by Gasteiger charge is -2.19. The van der Waals surface area contributed by atoms with Crippen LogP contribution in [0.3, 0.4) is 0 Å². The van der Waals surface area contributed by atoms with Crippen molar-refractivity contribution in [3.63, 3.8) is 0 Å². The van der Waals surface area contributed by atoms with Gasteiger partial charge in [0, 0.05) is 18.3 Å². The molecule has 0 rings (SSSR count). The lowest BCUT2D eigenvalue weighted by molar-refractivity contribution is -0.147. The monoisotopic (exact) mass is 272 g/mol. The number of esters is 1. The average molecular weight is 272 g/mol. The molecular weight excluding hydrogens is 244 g/mol. The minimum absolute atomic E-state index is 0.177. The Hall–Kier alpha value is -0.900. The molecule has 4 heteroatoms. The van der Waals surface area contributed by atoms with E-state index in [1.165, 1.54) is 0 Å². The van der Waals surface area contributed by atoms with E-state index in [2.05, 4.69) is 0 Å². The minimum atomic E-state index is -0.329. The van der Waals surface area contributed by atoms with Crippen molar-refractivity contribution in [2.24, 2.45) is 5.41 Å². The largest absolute Gasteiger partial charge is 0.463 e. The van der Waals surface area contributed by atoms with Crippen molar-refractivity contribution in [3.05, 3.63) is 0 Å². The number of ketones is 1. The van der Waals surface area contributed by atoms with Crippen molar-refractivity contribution in [3.8, 4) is 0 Å². The van der Waals surface area contributed by atoms with Crippen LogP contribution in [-0.4, -0.2) is 30.6 Å². The average Bonchev–Trinajstić information content (AvgIpc) is 2.21. The Morgan fingerprint density at radius 3 is 1.95 bits per heavy atom. The van der Waals surface area contributed by atoms with E-state index < -0.39 is 0 Å².